The van der Waals surface area contributed by atoms with Gasteiger partial charge in [-0.25, -0.2) is 13.8 Å². The maximum atomic E-state index is 14.4. The zero-order valence-corrected chi connectivity index (χ0v) is 17.3. The molecule has 0 bridgehead atoms. The summed E-state index contributed by atoms with van der Waals surface area (Å²) >= 11 is 0. The second-order valence-corrected chi connectivity index (χ2v) is 7.33. The molecule has 2 aromatic heterocycles. The number of hydrogen-bond acceptors (Lipinski definition) is 8. The minimum absolute atomic E-state index is 0.00996. The predicted octanol–water partition coefficient (Wildman–Crippen LogP) is 3.58. The Morgan fingerprint density at radius 1 is 1.10 bits per heavy atom. The highest BCUT2D eigenvalue weighted by molar-refractivity contribution is 5.68. The third-order valence-electron chi connectivity index (χ3n) is 4.82. The van der Waals surface area contributed by atoms with Crippen LogP contribution in [0.1, 0.15) is 13.8 Å². The van der Waals surface area contributed by atoms with Gasteiger partial charge in [-0.2, -0.15) is 10.1 Å². The number of benzene rings is 1. The molecular weight excluding hydrogens is 406 g/mol. The van der Waals surface area contributed by atoms with E-state index in [1.54, 1.807) is 18.2 Å². The summed E-state index contributed by atoms with van der Waals surface area (Å²) in [5, 5.41) is 10.7. The number of morpholine rings is 1. The predicted molar refractivity (Wildman–Crippen MR) is 111 cm³/mol. The number of halogens is 2. The number of anilines is 3. The molecule has 4 rings (SSSR count). The molecule has 1 aliphatic heterocycles. The first-order chi connectivity index (χ1) is 14.9. The Balaban J connectivity index is 1.59. The van der Waals surface area contributed by atoms with Gasteiger partial charge in [0.1, 0.15) is 11.6 Å². The maximum absolute atomic E-state index is 14.4. The lowest BCUT2D eigenvalue weighted by Gasteiger charge is -2.35. The highest BCUT2D eigenvalue weighted by Gasteiger charge is 2.25. The fourth-order valence-electron chi connectivity index (χ4n) is 3.49. The van der Waals surface area contributed by atoms with E-state index in [0.717, 1.165) is 6.20 Å². The highest BCUT2D eigenvalue weighted by Crippen LogP contribution is 2.28. The van der Waals surface area contributed by atoms with Crippen molar-refractivity contribution in [2.75, 3.05) is 30.4 Å². The number of nitrogens with one attached hydrogen (secondary N) is 1. The van der Waals surface area contributed by atoms with E-state index >= 15 is 0 Å². The molecule has 31 heavy (non-hydrogen) atoms. The highest BCUT2D eigenvalue weighted by atomic mass is 19.1. The van der Waals surface area contributed by atoms with Crippen LogP contribution in [0.25, 0.3) is 11.1 Å². The standard InChI is InChI=1S/C21H22F2N6O2/c1-12-10-29(11-13(2)31-12)21-24-9-18(23)20(27-21)26-19-6-14(8-25-28-19)16-5-4-15(30-3)7-17(16)22/h4-9,12-13H,10-11H2,1-3H3,(H,24,26,27,28)/t12-,13+. The molecule has 0 aliphatic carbocycles. The fraction of sp³-hybridized carbons (Fsp3) is 0.333. The molecule has 0 saturated carbocycles. The number of hydrogen-bond donors (Lipinski definition) is 1. The summed E-state index contributed by atoms with van der Waals surface area (Å²) < 4.78 is 39.6. The Kier molecular flexibility index (Phi) is 5.90. The van der Waals surface area contributed by atoms with Crippen LogP contribution in [-0.2, 0) is 4.74 Å². The van der Waals surface area contributed by atoms with Crippen LogP contribution in [-0.4, -0.2) is 52.6 Å². The van der Waals surface area contributed by atoms with E-state index in [0.29, 0.717) is 35.9 Å². The van der Waals surface area contributed by atoms with Gasteiger partial charge < -0.3 is 19.7 Å². The molecule has 1 saturated heterocycles. The molecule has 1 aromatic carbocycles. The Morgan fingerprint density at radius 3 is 2.58 bits per heavy atom. The Bertz CT molecular complexity index is 1070. The zero-order chi connectivity index (χ0) is 22.0. The summed E-state index contributed by atoms with van der Waals surface area (Å²) in [6.45, 7) is 5.12. The molecule has 2 atom stereocenters. The Hall–Kier alpha value is -3.40. The summed E-state index contributed by atoms with van der Waals surface area (Å²) in [6.07, 6.45) is 2.55. The van der Waals surface area contributed by atoms with E-state index in [2.05, 4.69) is 25.5 Å². The molecule has 0 amide bonds. The van der Waals surface area contributed by atoms with Crippen molar-refractivity contribution >= 4 is 17.6 Å². The van der Waals surface area contributed by atoms with E-state index in [1.165, 1.54) is 19.4 Å². The van der Waals surface area contributed by atoms with E-state index in [4.69, 9.17) is 9.47 Å². The number of nitrogens with zero attached hydrogens (tertiary/aromatic N) is 5. The average Bonchev–Trinajstić information content (AvgIpc) is 2.74. The molecule has 10 heteroatoms. The van der Waals surface area contributed by atoms with Crippen LogP contribution in [0, 0.1) is 11.6 Å². The Labute approximate surface area is 178 Å². The lowest BCUT2D eigenvalue weighted by molar-refractivity contribution is -0.00572. The molecule has 1 aliphatic rings. The second-order valence-electron chi connectivity index (χ2n) is 7.33. The summed E-state index contributed by atoms with van der Waals surface area (Å²) in [6, 6.07) is 6.08. The minimum Gasteiger partial charge on any atom is -0.497 e. The number of methoxy groups -OCH3 is 1. The van der Waals surface area contributed by atoms with Crippen LogP contribution in [0.3, 0.4) is 0 Å². The molecular formula is C21H22F2N6O2. The summed E-state index contributed by atoms with van der Waals surface area (Å²) in [4.78, 5) is 10.4. The summed E-state index contributed by atoms with van der Waals surface area (Å²) in [5.41, 5.74) is 0.794. The molecule has 3 heterocycles. The van der Waals surface area contributed by atoms with Crippen LogP contribution in [0.4, 0.5) is 26.4 Å². The molecule has 8 nitrogen and oxygen atoms in total. The third kappa shape index (κ3) is 4.69. The van der Waals surface area contributed by atoms with Crippen LogP contribution in [0.15, 0.2) is 36.7 Å². The van der Waals surface area contributed by atoms with Crippen LogP contribution in [0.5, 0.6) is 5.75 Å². The van der Waals surface area contributed by atoms with Gasteiger partial charge in [0.2, 0.25) is 5.95 Å². The first kappa shape index (κ1) is 20.9. The largest absolute Gasteiger partial charge is 0.497 e. The Morgan fingerprint density at radius 2 is 1.87 bits per heavy atom. The molecule has 0 spiro atoms. The van der Waals surface area contributed by atoms with E-state index in [-0.39, 0.29) is 23.8 Å². The first-order valence-electron chi connectivity index (χ1n) is 9.79. The normalized spacial score (nSPS) is 18.7. The van der Waals surface area contributed by atoms with Gasteiger partial charge in [-0.15, -0.1) is 5.10 Å². The monoisotopic (exact) mass is 428 g/mol. The number of aromatic nitrogens is 4. The average molecular weight is 428 g/mol. The van der Waals surface area contributed by atoms with Gasteiger partial charge in [0.25, 0.3) is 0 Å². The van der Waals surface area contributed by atoms with Gasteiger partial charge >= 0.3 is 0 Å². The van der Waals surface area contributed by atoms with Crippen LogP contribution >= 0.6 is 0 Å². The van der Waals surface area contributed by atoms with Crippen molar-refractivity contribution in [3.8, 4) is 16.9 Å². The smallest absolute Gasteiger partial charge is 0.227 e. The van der Waals surface area contributed by atoms with E-state index in [1.807, 2.05) is 18.7 Å². The number of rotatable bonds is 5. The van der Waals surface area contributed by atoms with Gasteiger partial charge in [0, 0.05) is 30.3 Å². The quantitative estimate of drug-likeness (QED) is 0.660. The lowest BCUT2D eigenvalue weighted by Crippen LogP contribution is -2.46. The molecule has 0 unspecified atom stereocenters. The van der Waals surface area contributed by atoms with Crippen molar-refractivity contribution in [1.29, 1.82) is 0 Å². The van der Waals surface area contributed by atoms with Crippen LogP contribution < -0.4 is 15.0 Å². The number of ether oxygens (including phenoxy) is 2. The maximum Gasteiger partial charge on any atom is 0.227 e. The molecule has 1 N–H and O–H groups in total. The fourth-order valence-corrected chi connectivity index (χ4v) is 3.49. The van der Waals surface area contributed by atoms with Gasteiger partial charge in [0.05, 0.1) is 31.7 Å². The van der Waals surface area contributed by atoms with Gasteiger partial charge in [-0.3, -0.25) is 0 Å². The van der Waals surface area contributed by atoms with Crippen molar-refractivity contribution in [2.45, 2.75) is 26.1 Å². The van der Waals surface area contributed by atoms with E-state index < -0.39 is 11.6 Å². The van der Waals surface area contributed by atoms with Gasteiger partial charge in [-0.05, 0) is 32.0 Å². The van der Waals surface area contributed by atoms with Crippen molar-refractivity contribution in [1.82, 2.24) is 20.2 Å². The minimum atomic E-state index is -0.638. The van der Waals surface area contributed by atoms with Crippen LogP contribution in [0.2, 0.25) is 0 Å². The van der Waals surface area contributed by atoms with Gasteiger partial charge in [-0.1, -0.05) is 0 Å². The molecule has 162 valence electrons. The van der Waals surface area contributed by atoms with E-state index in [9.17, 15) is 8.78 Å². The van der Waals surface area contributed by atoms with Gasteiger partial charge in [0.15, 0.2) is 17.5 Å². The lowest BCUT2D eigenvalue weighted by atomic mass is 10.1. The topological polar surface area (TPSA) is 85.3 Å². The summed E-state index contributed by atoms with van der Waals surface area (Å²) in [7, 11) is 1.47. The third-order valence-corrected chi connectivity index (χ3v) is 4.82. The van der Waals surface area contributed by atoms with Crippen molar-refractivity contribution in [3.05, 3.63) is 48.3 Å². The molecule has 0 radical (unpaired) electrons. The van der Waals surface area contributed by atoms with Crippen molar-refractivity contribution in [3.63, 3.8) is 0 Å². The van der Waals surface area contributed by atoms with Crippen molar-refractivity contribution < 1.29 is 18.3 Å². The first-order valence-corrected chi connectivity index (χ1v) is 9.79. The SMILES string of the molecule is COc1ccc(-c2cnnc(Nc3nc(N4C[C@@H](C)O[C@@H](C)C4)ncc3F)c2)c(F)c1. The summed E-state index contributed by atoms with van der Waals surface area (Å²) in [5.74, 6) is -0.135. The molecule has 1 fully saturated rings. The second kappa shape index (κ2) is 8.76. The van der Waals surface area contributed by atoms with Crippen molar-refractivity contribution in [2.24, 2.45) is 0 Å². The molecule has 3 aromatic rings. The zero-order valence-electron chi connectivity index (χ0n) is 17.3.